The van der Waals surface area contributed by atoms with E-state index in [4.69, 9.17) is 4.74 Å². The number of piperidine rings is 1. The molecule has 10 heteroatoms. The van der Waals surface area contributed by atoms with Crippen LogP contribution in [0.5, 0.6) is 0 Å². The van der Waals surface area contributed by atoms with Crippen LogP contribution in [0.1, 0.15) is 48.7 Å². The lowest BCUT2D eigenvalue weighted by Gasteiger charge is -2.34. The van der Waals surface area contributed by atoms with Crippen LogP contribution in [-0.4, -0.2) is 40.0 Å². The largest absolute Gasteiger partial charge is 0.466 e. The molecule has 1 amide bonds. The summed E-state index contributed by atoms with van der Waals surface area (Å²) >= 11 is 3.37. The number of carbonyl (C=O) groups excluding carboxylic acids is 2. The Morgan fingerprint density at radius 3 is 2.56 bits per heavy atom. The van der Waals surface area contributed by atoms with Crippen molar-refractivity contribution in [2.24, 2.45) is 5.92 Å². The van der Waals surface area contributed by atoms with E-state index in [0.717, 1.165) is 16.5 Å². The standard InChI is InChI=1S/C29H32BrN3O5S/c1-3-38-29(35)23-12-8-16-33(19-23)26-15-14-25(31-28(34)22-11-7-13-24(30)17-22)18-27(26)39(36,37)32-20(2)21-9-5-4-6-10-21/h4-7,9-11,13-15,17-18,20,23,32H,3,8,12,16,19H2,1-2H3,(H,31,34). The Balaban J connectivity index is 1.68. The molecule has 0 spiro atoms. The van der Waals surface area contributed by atoms with Gasteiger partial charge in [-0.2, -0.15) is 0 Å². The second-order valence-corrected chi connectivity index (χ2v) is 12.0. The number of sulfonamides is 1. The fraction of sp³-hybridized carbons (Fsp3) is 0.310. The number of benzene rings is 3. The van der Waals surface area contributed by atoms with Crippen LogP contribution in [0.4, 0.5) is 11.4 Å². The predicted octanol–water partition coefficient (Wildman–Crippen LogP) is 5.52. The number of amides is 1. The van der Waals surface area contributed by atoms with Crippen molar-refractivity contribution in [3.05, 3.63) is 88.4 Å². The van der Waals surface area contributed by atoms with Gasteiger partial charge in [0, 0.05) is 34.9 Å². The lowest BCUT2D eigenvalue weighted by molar-refractivity contribution is -0.148. The maximum Gasteiger partial charge on any atom is 0.310 e. The highest BCUT2D eigenvalue weighted by molar-refractivity contribution is 9.10. The lowest BCUT2D eigenvalue weighted by Crippen LogP contribution is -2.40. The van der Waals surface area contributed by atoms with E-state index in [1.165, 1.54) is 6.07 Å². The number of ether oxygens (including phenoxy) is 1. The van der Waals surface area contributed by atoms with E-state index in [2.05, 4.69) is 26.0 Å². The Labute approximate surface area is 237 Å². The van der Waals surface area contributed by atoms with Gasteiger partial charge in [0.25, 0.3) is 5.91 Å². The van der Waals surface area contributed by atoms with Crippen molar-refractivity contribution in [3.8, 4) is 0 Å². The van der Waals surface area contributed by atoms with Crippen molar-refractivity contribution in [1.82, 2.24) is 4.72 Å². The molecule has 0 aromatic heterocycles. The van der Waals surface area contributed by atoms with Crippen LogP contribution in [-0.2, 0) is 19.6 Å². The average Bonchev–Trinajstić information content (AvgIpc) is 2.93. The highest BCUT2D eigenvalue weighted by atomic mass is 79.9. The van der Waals surface area contributed by atoms with Gasteiger partial charge in [0.05, 0.1) is 18.2 Å². The fourth-order valence-electron chi connectivity index (χ4n) is 4.66. The normalized spacial score (nSPS) is 16.4. The number of hydrogen-bond donors (Lipinski definition) is 2. The summed E-state index contributed by atoms with van der Waals surface area (Å²) in [5.74, 6) is -0.986. The van der Waals surface area contributed by atoms with E-state index in [9.17, 15) is 18.0 Å². The zero-order valence-electron chi connectivity index (χ0n) is 21.9. The average molecular weight is 615 g/mol. The molecule has 8 nitrogen and oxygen atoms in total. The minimum absolute atomic E-state index is 0.0295. The summed E-state index contributed by atoms with van der Waals surface area (Å²) in [7, 11) is -4.03. The number of halogens is 1. The quantitative estimate of drug-likeness (QED) is 0.308. The first-order valence-electron chi connectivity index (χ1n) is 12.9. The van der Waals surface area contributed by atoms with Crippen LogP contribution in [0, 0.1) is 5.92 Å². The number of anilines is 2. The first kappa shape index (κ1) is 28.8. The van der Waals surface area contributed by atoms with E-state index >= 15 is 0 Å². The molecule has 39 heavy (non-hydrogen) atoms. The van der Waals surface area contributed by atoms with E-state index in [1.807, 2.05) is 41.3 Å². The van der Waals surface area contributed by atoms with E-state index < -0.39 is 16.1 Å². The molecular formula is C29H32BrN3O5S. The highest BCUT2D eigenvalue weighted by Crippen LogP contribution is 2.33. The Kier molecular flexibility index (Phi) is 9.42. The third-order valence-electron chi connectivity index (χ3n) is 6.61. The number of nitrogens with zero attached hydrogens (tertiary/aromatic N) is 1. The second-order valence-electron chi connectivity index (χ2n) is 9.44. The summed E-state index contributed by atoms with van der Waals surface area (Å²) in [4.78, 5) is 27.3. The smallest absolute Gasteiger partial charge is 0.310 e. The van der Waals surface area contributed by atoms with Gasteiger partial charge in [-0.1, -0.05) is 52.3 Å². The number of esters is 1. The maximum absolute atomic E-state index is 13.8. The Hall–Kier alpha value is -3.21. The van der Waals surface area contributed by atoms with Gasteiger partial charge in [0.15, 0.2) is 0 Å². The third kappa shape index (κ3) is 7.26. The molecule has 2 unspecified atom stereocenters. The number of nitrogens with one attached hydrogen (secondary N) is 2. The lowest BCUT2D eigenvalue weighted by atomic mass is 9.97. The molecule has 3 aromatic rings. The van der Waals surface area contributed by atoms with Gasteiger partial charge in [-0.05, 0) is 68.7 Å². The summed E-state index contributed by atoms with van der Waals surface area (Å²) in [5.41, 5.74) is 2.07. The van der Waals surface area contributed by atoms with Gasteiger partial charge >= 0.3 is 5.97 Å². The summed E-state index contributed by atoms with van der Waals surface area (Å²) in [5, 5.41) is 2.81. The molecule has 0 bridgehead atoms. The van der Waals surface area contributed by atoms with Gasteiger partial charge in [-0.3, -0.25) is 9.59 Å². The predicted molar refractivity (Wildman–Crippen MR) is 155 cm³/mol. The molecule has 2 atom stereocenters. The summed E-state index contributed by atoms with van der Waals surface area (Å²) in [6.45, 7) is 4.78. The van der Waals surface area contributed by atoms with Crippen molar-refractivity contribution in [2.75, 3.05) is 29.9 Å². The first-order chi connectivity index (χ1) is 18.7. The molecular weight excluding hydrogens is 582 g/mol. The molecule has 0 radical (unpaired) electrons. The van der Waals surface area contributed by atoms with Crippen molar-refractivity contribution in [2.45, 2.75) is 37.6 Å². The second kappa shape index (κ2) is 12.8. The molecule has 1 heterocycles. The van der Waals surface area contributed by atoms with Crippen molar-refractivity contribution in [3.63, 3.8) is 0 Å². The molecule has 1 aliphatic rings. The van der Waals surface area contributed by atoms with Crippen LogP contribution in [0.15, 0.2) is 82.2 Å². The number of carbonyl (C=O) groups is 2. The van der Waals surface area contributed by atoms with E-state index in [1.54, 1.807) is 44.2 Å². The molecule has 4 rings (SSSR count). The topological polar surface area (TPSA) is 105 Å². The van der Waals surface area contributed by atoms with Crippen LogP contribution in [0.2, 0.25) is 0 Å². The Morgan fingerprint density at radius 1 is 1.08 bits per heavy atom. The van der Waals surface area contributed by atoms with Gasteiger partial charge in [0.1, 0.15) is 4.90 Å². The van der Waals surface area contributed by atoms with Crippen LogP contribution >= 0.6 is 15.9 Å². The van der Waals surface area contributed by atoms with Crippen LogP contribution in [0.3, 0.4) is 0 Å². The van der Waals surface area contributed by atoms with Crippen LogP contribution in [0.25, 0.3) is 0 Å². The Bertz CT molecular complexity index is 1430. The molecule has 3 aromatic carbocycles. The zero-order valence-corrected chi connectivity index (χ0v) is 24.3. The van der Waals surface area contributed by atoms with Gasteiger partial charge < -0.3 is 15.0 Å². The minimum atomic E-state index is -4.03. The molecule has 1 saturated heterocycles. The van der Waals surface area contributed by atoms with Crippen LogP contribution < -0.4 is 14.9 Å². The number of rotatable bonds is 9. The van der Waals surface area contributed by atoms with Crippen molar-refractivity contribution in [1.29, 1.82) is 0 Å². The summed E-state index contributed by atoms with van der Waals surface area (Å²) < 4.78 is 36.4. The van der Waals surface area contributed by atoms with Gasteiger partial charge in [0.2, 0.25) is 10.0 Å². The molecule has 1 fully saturated rings. The molecule has 1 aliphatic heterocycles. The Morgan fingerprint density at radius 2 is 1.85 bits per heavy atom. The van der Waals surface area contributed by atoms with Crippen molar-refractivity contribution >= 4 is 49.2 Å². The van der Waals surface area contributed by atoms with Gasteiger partial charge in [-0.25, -0.2) is 13.1 Å². The van der Waals surface area contributed by atoms with Crippen molar-refractivity contribution < 1.29 is 22.7 Å². The summed E-state index contributed by atoms with van der Waals surface area (Å²) in [6.07, 6.45) is 1.40. The molecule has 2 N–H and O–H groups in total. The number of hydrogen-bond acceptors (Lipinski definition) is 6. The fourth-order valence-corrected chi connectivity index (χ4v) is 6.54. The van der Waals surface area contributed by atoms with E-state index in [-0.39, 0.29) is 22.7 Å². The SMILES string of the molecule is CCOC(=O)C1CCCN(c2ccc(NC(=O)c3cccc(Br)c3)cc2S(=O)(=O)NC(C)c2ccccc2)C1. The first-order valence-corrected chi connectivity index (χ1v) is 15.2. The third-order valence-corrected chi connectivity index (χ3v) is 8.67. The van der Waals surface area contributed by atoms with Gasteiger partial charge in [-0.15, -0.1) is 0 Å². The molecule has 0 aliphatic carbocycles. The zero-order chi connectivity index (χ0) is 28.0. The molecule has 0 saturated carbocycles. The highest BCUT2D eigenvalue weighted by Gasteiger charge is 2.31. The molecule has 206 valence electrons. The maximum atomic E-state index is 13.8. The minimum Gasteiger partial charge on any atom is -0.466 e. The van der Waals surface area contributed by atoms with E-state index in [0.29, 0.717) is 43.1 Å². The monoisotopic (exact) mass is 613 g/mol. The summed E-state index contributed by atoms with van der Waals surface area (Å²) in [6, 6.07) is 20.6.